The second kappa shape index (κ2) is 6.33. The van der Waals surface area contributed by atoms with Gasteiger partial charge in [0.2, 0.25) is 5.89 Å². The van der Waals surface area contributed by atoms with E-state index in [2.05, 4.69) is 14.5 Å². The van der Waals surface area contributed by atoms with Crippen molar-refractivity contribution in [2.45, 2.75) is 24.9 Å². The van der Waals surface area contributed by atoms with Crippen molar-refractivity contribution in [3.63, 3.8) is 0 Å². The van der Waals surface area contributed by atoms with Crippen LogP contribution in [-0.2, 0) is 14.7 Å². The monoisotopic (exact) mass is 356 g/mol. The van der Waals surface area contributed by atoms with Gasteiger partial charge in [-0.15, -0.1) is 14.5 Å². The maximum atomic E-state index is 12.2. The third-order valence-electron chi connectivity index (χ3n) is 3.43. The molecule has 3 rings (SSSR count). The molecule has 14 heteroatoms. The Hall–Kier alpha value is -1.25. The minimum absolute atomic E-state index is 0. The molecule has 0 aliphatic carbocycles. The molecule has 0 saturated carbocycles. The molecule has 3 heterocycles. The van der Waals surface area contributed by atoms with Gasteiger partial charge in [0.1, 0.15) is 6.04 Å². The van der Waals surface area contributed by atoms with Crippen molar-refractivity contribution in [1.82, 2.24) is 20.2 Å². The standard InChI is InChI=1S/C9H11N5O7S.Na/c10-6(15)8-12-11-7(20-8)5-2-1-4-3-13(5)9(16)14(4)21-22(17,18)19;/h4-5H,1-3H2,(H2,10,15)(H,17,18,19);/t4-,5+;/m1./s1. The minimum Gasteiger partial charge on any atom is -0.415 e. The number of hydrogen-bond acceptors (Lipinski definition) is 8. The van der Waals surface area contributed by atoms with E-state index in [0.29, 0.717) is 17.9 Å². The summed E-state index contributed by atoms with van der Waals surface area (Å²) < 4.78 is 39.7. The molecule has 1 aromatic rings. The first-order chi connectivity index (χ1) is 10.3. The maximum Gasteiger partial charge on any atom is 0.418 e. The Morgan fingerprint density at radius 3 is 2.65 bits per heavy atom. The molecule has 1 aromatic heterocycles. The SMILES string of the molecule is NC(=O)c1nnc([C@@H]2CC[C@@H]3CN2C(=O)N3OS(=O)(=O)O)o1.[Na]. The number of nitrogens with zero attached hydrogens (tertiary/aromatic N) is 4. The fourth-order valence-electron chi connectivity index (χ4n) is 2.56. The molecule has 2 bridgehead atoms. The van der Waals surface area contributed by atoms with Crippen molar-refractivity contribution < 1.29 is 31.3 Å². The molecule has 2 aliphatic rings. The van der Waals surface area contributed by atoms with Crippen molar-refractivity contribution in [1.29, 1.82) is 0 Å². The predicted octanol–water partition coefficient (Wildman–Crippen LogP) is -1.54. The zero-order valence-electron chi connectivity index (χ0n) is 11.9. The van der Waals surface area contributed by atoms with Crippen LogP contribution in [0, 0.1) is 0 Å². The molecule has 3 N–H and O–H groups in total. The number of hydrogen-bond donors (Lipinski definition) is 2. The van der Waals surface area contributed by atoms with Crippen LogP contribution in [-0.4, -0.2) is 87.2 Å². The third-order valence-corrected chi connectivity index (χ3v) is 3.78. The van der Waals surface area contributed by atoms with Crippen LogP contribution in [0.15, 0.2) is 4.42 Å². The molecule has 23 heavy (non-hydrogen) atoms. The van der Waals surface area contributed by atoms with Gasteiger partial charge in [0.25, 0.3) is 0 Å². The number of fused-ring (bicyclic) bond motifs is 2. The average molecular weight is 356 g/mol. The number of carbonyl (C=O) groups is 2. The van der Waals surface area contributed by atoms with Gasteiger partial charge in [-0.05, 0) is 12.8 Å². The number of carbonyl (C=O) groups excluding carboxylic acids is 2. The second-order valence-corrected chi connectivity index (χ2v) is 5.82. The number of piperidine rings is 1. The summed E-state index contributed by atoms with van der Waals surface area (Å²) in [7, 11) is -4.80. The molecule has 0 unspecified atom stereocenters. The summed E-state index contributed by atoms with van der Waals surface area (Å²) in [5.74, 6) is -1.25. The topological polar surface area (TPSA) is 169 Å². The molecule has 0 aromatic carbocycles. The molecule has 121 valence electrons. The van der Waals surface area contributed by atoms with E-state index in [0.717, 1.165) is 0 Å². The van der Waals surface area contributed by atoms with Crippen LogP contribution in [0.2, 0.25) is 0 Å². The third kappa shape index (κ3) is 3.49. The van der Waals surface area contributed by atoms with Crippen molar-refractivity contribution in [3.05, 3.63) is 11.8 Å². The van der Waals surface area contributed by atoms with E-state index in [-0.39, 0.29) is 47.9 Å². The van der Waals surface area contributed by atoms with Crippen molar-refractivity contribution in [3.8, 4) is 0 Å². The molecule has 3 amide bonds. The summed E-state index contributed by atoms with van der Waals surface area (Å²) in [5.41, 5.74) is 5.01. The number of primary amides is 1. The van der Waals surface area contributed by atoms with Gasteiger partial charge in [-0.1, -0.05) is 0 Å². The fraction of sp³-hybridized carbons (Fsp3) is 0.556. The minimum atomic E-state index is -4.80. The van der Waals surface area contributed by atoms with Crippen LogP contribution in [0.25, 0.3) is 0 Å². The maximum absolute atomic E-state index is 12.2. The van der Waals surface area contributed by atoms with Crippen LogP contribution in [0.3, 0.4) is 0 Å². The normalized spacial score (nSPS) is 23.8. The van der Waals surface area contributed by atoms with Gasteiger partial charge < -0.3 is 15.1 Å². The smallest absolute Gasteiger partial charge is 0.415 e. The van der Waals surface area contributed by atoms with Crippen molar-refractivity contribution in [2.75, 3.05) is 6.54 Å². The molecule has 2 atom stereocenters. The van der Waals surface area contributed by atoms with E-state index in [1.807, 2.05) is 0 Å². The van der Waals surface area contributed by atoms with E-state index >= 15 is 0 Å². The number of nitrogens with two attached hydrogens (primary N) is 1. The van der Waals surface area contributed by atoms with Crippen molar-refractivity contribution >= 4 is 51.9 Å². The molecule has 1 radical (unpaired) electrons. The van der Waals surface area contributed by atoms with Gasteiger partial charge in [0.05, 0.1) is 6.04 Å². The molecule has 2 aliphatic heterocycles. The van der Waals surface area contributed by atoms with E-state index < -0.39 is 34.4 Å². The average Bonchev–Trinajstić information content (AvgIpc) is 2.99. The van der Waals surface area contributed by atoms with E-state index in [9.17, 15) is 18.0 Å². The zero-order chi connectivity index (χ0) is 16.1. The van der Waals surface area contributed by atoms with E-state index in [1.54, 1.807) is 0 Å². The van der Waals surface area contributed by atoms with E-state index in [1.165, 1.54) is 4.90 Å². The summed E-state index contributed by atoms with van der Waals surface area (Å²) in [6, 6.07) is -1.91. The zero-order valence-corrected chi connectivity index (χ0v) is 14.8. The van der Waals surface area contributed by atoms with Crippen molar-refractivity contribution in [2.24, 2.45) is 5.73 Å². The largest absolute Gasteiger partial charge is 0.418 e. The molecule has 2 fully saturated rings. The first-order valence-corrected chi connectivity index (χ1v) is 7.53. The number of amides is 3. The molecule has 0 spiro atoms. The van der Waals surface area contributed by atoms with Crippen LogP contribution < -0.4 is 5.73 Å². The molecule has 2 saturated heterocycles. The van der Waals surface area contributed by atoms with Gasteiger partial charge in [-0.2, -0.15) is 13.5 Å². The summed E-state index contributed by atoms with van der Waals surface area (Å²) >= 11 is 0. The van der Waals surface area contributed by atoms with Crippen LogP contribution >= 0.6 is 0 Å². The van der Waals surface area contributed by atoms with Crippen LogP contribution in [0.5, 0.6) is 0 Å². The number of hydroxylamine groups is 2. The number of rotatable bonds is 4. The van der Waals surface area contributed by atoms with Gasteiger partial charge in [0, 0.05) is 36.1 Å². The van der Waals surface area contributed by atoms with Gasteiger partial charge in [-0.25, -0.2) is 4.79 Å². The number of urea groups is 1. The molecule has 12 nitrogen and oxygen atoms in total. The summed E-state index contributed by atoms with van der Waals surface area (Å²) in [4.78, 5) is 24.4. The first kappa shape index (κ1) is 18.1. The Labute approximate surface area is 152 Å². The molecular weight excluding hydrogens is 345 g/mol. The van der Waals surface area contributed by atoms with Crippen LogP contribution in [0.1, 0.15) is 35.5 Å². The quantitative estimate of drug-likeness (QED) is 0.479. The van der Waals surface area contributed by atoms with Gasteiger partial charge in [0.15, 0.2) is 0 Å². The summed E-state index contributed by atoms with van der Waals surface area (Å²) in [5, 5.41) is 7.74. The first-order valence-electron chi connectivity index (χ1n) is 6.16. The Balaban J connectivity index is 0.00000192. The Kier molecular flexibility index (Phi) is 4.98. The fourth-order valence-corrected chi connectivity index (χ4v) is 2.95. The Morgan fingerprint density at radius 2 is 2.09 bits per heavy atom. The van der Waals surface area contributed by atoms with Gasteiger partial charge >= 0.3 is 28.2 Å². The van der Waals surface area contributed by atoms with Gasteiger partial charge in [-0.3, -0.25) is 9.35 Å². The Bertz CT molecular complexity index is 736. The predicted molar refractivity (Wildman–Crippen MR) is 70.9 cm³/mol. The number of aromatic nitrogens is 2. The second-order valence-electron chi connectivity index (χ2n) is 4.82. The summed E-state index contributed by atoms with van der Waals surface area (Å²) in [6.07, 6.45) is 0.777. The molecular formula is C9H11N5NaO7S. The van der Waals surface area contributed by atoms with E-state index in [4.69, 9.17) is 14.7 Å². The Morgan fingerprint density at radius 1 is 1.39 bits per heavy atom. The summed E-state index contributed by atoms with van der Waals surface area (Å²) in [6.45, 7) is 0.160. The van der Waals surface area contributed by atoms with Crippen LogP contribution in [0.4, 0.5) is 4.79 Å².